The van der Waals surface area contributed by atoms with Crippen LogP contribution in [0.5, 0.6) is 0 Å². The van der Waals surface area contributed by atoms with Crippen molar-refractivity contribution in [2.75, 3.05) is 6.54 Å². The molecule has 1 rings (SSSR count). The molecule has 1 aromatic heterocycles. The summed E-state index contributed by atoms with van der Waals surface area (Å²) in [5, 5.41) is 7.45. The molecule has 0 saturated carbocycles. The van der Waals surface area contributed by atoms with Crippen molar-refractivity contribution in [3.63, 3.8) is 0 Å². The van der Waals surface area contributed by atoms with Crippen LogP contribution in [-0.4, -0.2) is 27.3 Å². The van der Waals surface area contributed by atoms with Crippen LogP contribution < -0.4 is 5.73 Å². The summed E-state index contributed by atoms with van der Waals surface area (Å²) in [7, 11) is 1.73. The molecule has 0 aliphatic heterocycles. The fourth-order valence-corrected chi connectivity index (χ4v) is 1.79. The fourth-order valence-electron chi connectivity index (χ4n) is 1.79. The maximum absolute atomic E-state index is 11.8. The summed E-state index contributed by atoms with van der Waals surface area (Å²) in [6.45, 7) is 2.83. The predicted molar refractivity (Wildman–Crippen MR) is 62.0 cm³/mol. The largest absolute Gasteiger partial charge is 0.330 e. The van der Waals surface area contributed by atoms with Gasteiger partial charge in [0.25, 0.3) is 0 Å². The SMILES string of the molecule is CCC(CCN)CCC(=O)c1cnnn1C. The minimum atomic E-state index is 0.114. The zero-order chi connectivity index (χ0) is 12.0. The van der Waals surface area contributed by atoms with Gasteiger partial charge in [-0.15, -0.1) is 5.10 Å². The molecule has 0 amide bonds. The van der Waals surface area contributed by atoms with E-state index in [-0.39, 0.29) is 5.78 Å². The smallest absolute Gasteiger partial charge is 0.182 e. The molecule has 1 aromatic rings. The topological polar surface area (TPSA) is 73.8 Å². The summed E-state index contributed by atoms with van der Waals surface area (Å²) < 4.78 is 1.52. The predicted octanol–water partition coefficient (Wildman–Crippen LogP) is 1.15. The Morgan fingerprint density at radius 3 is 2.81 bits per heavy atom. The highest BCUT2D eigenvalue weighted by atomic mass is 16.1. The van der Waals surface area contributed by atoms with E-state index in [1.807, 2.05) is 0 Å². The highest BCUT2D eigenvalue weighted by Crippen LogP contribution is 2.16. The monoisotopic (exact) mass is 224 g/mol. The molecule has 5 heteroatoms. The van der Waals surface area contributed by atoms with Crippen LogP contribution in [0.1, 0.15) is 43.1 Å². The molecule has 0 aromatic carbocycles. The molecule has 90 valence electrons. The molecule has 0 fully saturated rings. The van der Waals surface area contributed by atoms with Crippen LogP contribution in [0.15, 0.2) is 6.20 Å². The molecule has 1 atom stereocenters. The highest BCUT2D eigenvalue weighted by molar-refractivity contribution is 5.94. The van der Waals surface area contributed by atoms with Crippen molar-refractivity contribution in [3.05, 3.63) is 11.9 Å². The quantitative estimate of drug-likeness (QED) is 0.705. The van der Waals surface area contributed by atoms with Gasteiger partial charge in [-0.25, -0.2) is 4.68 Å². The lowest BCUT2D eigenvalue weighted by atomic mass is 9.95. The molecule has 0 saturated heterocycles. The summed E-state index contributed by atoms with van der Waals surface area (Å²) in [5.41, 5.74) is 6.11. The Kier molecular flexibility index (Phi) is 5.11. The van der Waals surface area contributed by atoms with Gasteiger partial charge < -0.3 is 5.73 Å². The molecule has 0 spiro atoms. The number of ketones is 1. The standard InChI is InChI=1S/C11H20N4O/c1-3-9(6-7-12)4-5-11(16)10-8-13-14-15(10)2/h8-9H,3-7,12H2,1-2H3. The van der Waals surface area contributed by atoms with Gasteiger partial charge in [0.05, 0.1) is 6.20 Å². The van der Waals surface area contributed by atoms with Crippen LogP contribution in [0.25, 0.3) is 0 Å². The number of hydrogen-bond donors (Lipinski definition) is 1. The van der Waals surface area contributed by atoms with Gasteiger partial charge in [-0.1, -0.05) is 18.6 Å². The van der Waals surface area contributed by atoms with Crippen LogP contribution in [0.4, 0.5) is 0 Å². The number of carbonyl (C=O) groups is 1. The summed E-state index contributed by atoms with van der Waals surface area (Å²) in [6.07, 6.45) is 5.05. The number of hydrogen-bond acceptors (Lipinski definition) is 4. The first-order chi connectivity index (χ1) is 7.69. The second-order valence-corrected chi connectivity index (χ2v) is 4.06. The van der Waals surface area contributed by atoms with Crippen molar-refractivity contribution in [1.82, 2.24) is 15.0 Å². The lowest BCUT2D eigenvalue weighted by Gasteiger charge is -2.12. The van der Waals surface area contributed by atoms with Gasteiger partial charge in [0.15, 0.2) is 5.78 Å². The van der Waals surface area contributed by atoms with Crippen LogP contribution >= 0.6 is 0 Å². The minimum absolute atomic E-state index is 0.114. The third kappa shape index (κ3) is 3.41. The average Bonchev–Trinajstić information content (AvgIpc) is 2.70. The number of Topliss-reactive ketones (excluding diaryl/α,β-unsaturated/α-hetero) is 1. The lowest BCUT2D eigenvalue weighted by molar-refractivity contribution is 0.0963. The normalized spacial score (nSPS) is 12.7. The average molecular weight is 224 g/mol. The Bertz CT molecular complexity index is 334. The van der Waals surface area contributed by atoms with Crippen LogP contribution in [0, 0.1) is 5.92 Å². The van der Waals surface area contributed by atoms with Crippen molar-refractivity contribution >= 4 is 5.78 Å². The molecular formula is C11H20N4O. The summed E-state index contributed by atoms with van der Waals surface area (Å²) >= 11 is 0. The molecule has 0 radical (unpaired) electrons. The van der Waals surface area contributed by atoms with Crippen molar-refractivity contribution in [1.29, 1.82) is 0 Å². The second-order valence-electron chi connectivity index (χ2n) is 4.06. The van der Waals surface area contributed by atoms with Gasteiger partial charge in [0.2, 0.25) is 0 Å². The summed E-state index contributed by atoms with van der Waals surface area (Å²) in [5.74, 6) is 0.665. The van der Waals surface area contributed by atoms with Crippen molar-refractivity contribution in [3.8, 4) is 0 Å². The van der Waals surface area contributed by atoms with E-state index in [0.29, 0.717) is 24.6 Å². The first-order valence-electron chi connectivity index (χ1n) is 5.77. The van der Waals surface area contributed by atoms with Crippen molar-refractivity contribution in [2.45, 2.75) is 32.6 Å². The third-order valence-corrected chi connectivity index (χ3v) is 2.93. The summed E-state index contributed by atoms with van der Waals surface area (Å²) in [4.78, 5) is 11.8. The molecule has 16 heavy (non-hydrogen) atoms. The molecule has 2 N–H and O–H groups in total. The Hall–Kier alpha value is -1.23. The Labute approximate surface area is 96.0 Å². The molecule has 1 heterocycles. The van der Waals surface area contributed by atoms with Gasteiger partial charge in [0, 0.05) is 13.5 Å². The molecule has 0 bridgehead atoms. The van der Waals surface area contributed by atoms with Gasteiger partial charge in [-0.05, 0) is 25.3 Å². The molecule has 1 unspecified atom stereocenters. The first-order valence-corrected chi connectivity index (χ1v) is 5.77. The van der Waals surface area contributed by atoms with E-state index in [0.717, 1.165) is 19.3 Å². The number of aromatic nitrogens is 3. The number of rotatable bonds is 7. The van der Waals surface area contributed by atoms with E-state index in [1.54, 1.807) is 7.05 Å². The maximum Gasteiger partial charge on any atom is 0.182 e. The maximum atomic E-state index is 11.8. The first kappa shape index (κ1) is 12.8. The lowest BCUT2D eigenvalue weighted by Crippen LogP contribution is -2.12. The number of carbonyl (C=O) groups excluding carboxylic acids is 1. The Morgan fingerprint density at radius 2 is 2.31 bits per heavy atom. The Balaban J connectivity index is 2.43. The minimum Gasteiger partial charge on any atom is -0.330 e. The van der Waals surface area contributed by atoms with E-state index in [4.69, 9.17) is 5.73 Å². The second kappa shape index (κ2) is 6.37. The number of nitrogens with zero attached hydrogens (tertiary/aromatic N) is 3. The van der Waals surface area contributed by atoms with Gasteiger partial charge in [0.1, 0.15) is 5.69 Å². The molecular weight excluding hydrogens is 204 g/mol. The van der Waals surface area contributed by atoms with Gasteiger partial charge in [-0.3, -0.25) is 4.79 Å². The van der Waals surface area contributed by atoms with E-state index in [1.165, 1.54) is 10.9 Å². The van der Waals surface area contributed by atoms with Gasteiger partial charge >= 0.3 is 0 Å². The van der Waals surface area contributed by atoms with Crippen LogP contribution in [0.3, 0.4) is 0 Å². The van der Waals surface area contributed by atoms with Crippen molar-refractivity contribution < 1.29 is 4.79 Å². The van der Waals surface area contributed by atoms with Crippen LogP contribution in [-0.2, 0) is 7.05 Å². The van der Waals surface area contributed by atoms with Crippen molar-refractivity contribution in [2.24, 2.45) is 18.7 Å². The fraction of sp³-hybridized carbons (Fsp3) is 0.727. The van der Waals surface area contributed by atoms with E-state index >= 15 is 0 Å². The van der Waals surface area contributed by atoms with E-state index in [2.05, 4.69) is 17.2 Å². The number of aryl methyl sites for hydroxylation is 1. The molecule has 0 aliphatic carbocycles. The zero-order valence-electron chi connectivity index (χ0n) is 10.0. The summed E-state index contributed by atoms with van der Waals surface area (Å²) in [6, 6.07) is 0. The zero-order valence-corrected chi connectivity index (χ0v) is 10.0. The molecule has 0 aliphatic rings. The highest BCUT2D eigenvalue weighted by Gasteiger charge is 2.13. The van der Waals surface area contributed by atoms with Crippen LogP contribution in [0.2, 0.25) is 0 Å². The van der Waals surface area contributed by atoms with E-state index in [9.17, 15) is 4.79 Å². The van der Waals surface area contributed by atoms with Gasteiger partial charge in [-0.2, -0.15) is 0 Å². The molecule has 5 nitrogen and oxygen atoms in total. The third-order valence-electron chi connectivity index (χ3n) is 2.93. The Morgan fingerprint density at radius 1 is 1.56 bits per heavy atom. The van der Waals surface area contributed by atoms with E-state index < -0.39 is 0 Å². The number of nitrogens with two attached hydrogens (primary N) is 1.